The van der Waals surface area contributed by atoms with Gasteiger partial charge in [-0.3, -0.25) is 58.1 Å². The number of hydrogen-bond acceptors (Lipinski definition) is 17. The number of benzene rings is 2. The Labute approximate surface area is 561 Å². The predicted octanol–water partition coefficient (Wildman–Crippen LogP) is -4.81. The number of thiophene rings is 1. The lowest BCUT2D eigenvalue weighted by Gasteiger charge is -2.33. The van der Waals surface area contributed by atoms with Gasteiger partial charge in [0.15, 0.2) is 41.1 Å². The smallest absolute Gasteiger partial charge is 0.326 e. The van der Waals surface area contributed by atoms with Gasteiger partial charge in [-0.2, -0.15) is 0 Å². The minimum atomic E-state index is -2.57. The minimum absolute atomic E-state index is 0.0127. The monoisotopic (exact) mass is 1400 g/mol. The summed E-state index contributed by atoms with van der Waals surface area (Å²) in [7, 11) is 0. The molecule has 6 rings (SSSR count). The van der Waals surface area contributed by atoms with Gasteiger partial charge in [0.05, 0.1) is 25.3 Å². The van der Waals surface area contributed by atoms with Crippen molar-refractivity contribution in [3.05, 3.63) is 92.4 Å². The molecule has 3 aliphatic rings. The lowest BCUT2D eigenvalue weighted by Crippen LogP contribution is -2.61. The van der Waals surface area contributed by atoms with Crippen molar-refractivity contribution >= 4 is 88.3 Å². The molecule has 2 aliphatic heterocycles. The quantitative estimate of drug-likeness (QED) is 0.00656. The van der Waals surface area contributed by atoms with E-state index in [2.05, 4.69) is 46.9 Å². The van der Waals surface area contributed by atoms with Crippen molar-refractivity contribution < 1.29 is 85.2 Å². The van der Waals surface area contributed by atoms with Crippen LogP contribution in [0.4, 0.5) is 22.0 Å². The third kappa shape index (κ3) is 21.6. The van der Waals surface area contributed by atoms with Gasteiger partial charge in [-0.15, -0.1) is 11.3 Å². The van der Waals surface area contributed by atoms with Crippen molar-refractivity contribution in [3.63, 3.8) is 0 Å². The van der Waals surface area contributed by atoms with Gasteiger partial charge in [0.2, 0.25) is 59.0 Å². The SMILES string of the molecule is NC(N)=NCCC[C@@H](N)C(=O)N[C@@H](CCCN=C(N)N)C(=O)N1CCC[C@H]1C(=O)N1C[C@H](O)C[C@H]1C(=O)NCC(=O)N[C@H](C(=O)N[C@@H](CO)C(=O)N[C@H](Cc1c(F)c(F)c(F)c(F)c1F)C(=O)N[C@@H](Cc1cccs1)C(=O)N[C@@H](CCCN=C(N)N)C(=O)O)C1Cc2ccccc2C1. The number of nitrogens with zero attached hydrogens (tertiary/aromatic N) is 5. The molecular formula is C60H82F5N19O13S. The molecule has 536 valence electrons. The number of likely N-dealkylation sites (tertiary alicyclic amines) is 2. The summed E-state index contributed by atoms with van der Waals surface area (Å²) < 4.78 is 74.5. The second-order valence-electron chi connectivity index (χ2n) is 23.6. The Kier molecular flexibility index (Phi) is 28.8. The van der Waals surface area contributed by atoms with Crippen LogP contribution in [0.2, 0.25) is 0 Å². The van der Waals surface area contributed by atoms with E-state index in [1.165, 1.54) is 11.0 Å². The van der Waals surface area contributed by atoms with E-state index in [0.29, 0.717) is 17.7 Å². The van der Waals surface area contributed by atoms with Gasteiger partial charge in [-0.25, -0.2) is 26.7 Å². The van der Waals surface area contributed by atoms with E-state index in [9.17, 15) is 76.4 Å². The zero-order valence-corrected chi connectivity index (χ0v) is 53.9. The van der Waals surface area contributed by atoms with Gasteiger partial charge in [0.25, 0.3) is 0 Å². The van der Waals surface area contributed by atoms with Crippen LogP contribution in [0.5, 0.6) is 0 Å². The molecule has 0 radical (unpaired) electrons. The van der Waals surface area contributed by atoms with Crippen LogP contribution in [0.25, 0.3) is 0 Å². The van der Waals surface area contributed by atoms with Crippen LogP contribution in [0.1, 0.15) is 79.4 Å². The van der Waals surface area contributed by atoms with Crippen LogP contribution in [-0.2, 0) is 73.6 Å². The third-order valence-electron chi connectivity index (χ3n) is 16.5. The van der Waals surface area contributed by atoms with Crippen LogP contribution in [0.15, 0.2) is 56.8 Å². The molecule has 2 fully saturated rings. The molecular weight excluding hydrogens is 1320 g/mol. The molecule has 0 saturated carbocycles. The van der Waals surface area contributed by atoms with Gasteiger partial charge in [0, 0.05) is 62.4 Å². The van der Waals surface area contributed by atoms with Crippen LogP contribution < -0.4 is 77.4 Å². The van der Waals surface area contributed by atoms with Crippen molar-refractivity contribution in [2.45, 2.75) is 144 Å². The highest BCUT2D eigenvalue weighted by Gasteiger charge is 2.46. The first kappa shape index (κ1) is 77.2. The van der Waals surface area contributed by atoms with E-state index in [-0.39, 0.29) is 115 Å². The second kappa shape index (κ2) is 36.5. The summed E-state index contributed by atoms with van der Waals surface area (Å²) in [5.74, 6) is -24.7. The first-order chi connectivity index (χ1) is 46.5. The van der Waals surface area contributed by atoms with Crippen molar-refractivity contribution in [2.75, 3.05) is 45.9 Å². The molecule has 0 unspecified atom stereocenters. The summed E-state index contributed by atoms with van der Waals surface area (Å²) in [6, 6.07) is -4.46. The summed E-state index contributed by atoms with van der Waals surface area (Å²) in [6.07, 6.45) is -2.31. The number of halogens is 5. The zero-order chi connectivity index (χ0) is 72.1. The maximum Gasteiger partial charge on any atom is 0.326 e. The molecule has 10 atom stereocenters. The van der Waals surface area contributed by atoms with E-state index >= 15 is 8.78 Å². The van der Waals surface area contributed by atoms with E-state index in [1.807, 2.05) is 5.32 Å². The number of aliphatic hydroxyl groups excluding tert-OH is 2. The van der Waals surface area contributed by atoms with E-state index < -0.39 is 180 Å². The average Bonchev–Trinajstić information content (AvgIpc) is 1.61. The molecule has 98 heavy (non-hydrogen) atoms. The molecule has 2 saturated heterocycles. The number of nitrogens with one attached hydrogen (secondary N) is 7. The zero-order valence-electron chi connectivity index (χ0n) is 53.0. The van der Waals surface area contributed by atoms with Gasteiger partial charge < -0.3 is 102 Å². The Morgan fingerprint density at radius 3 is 1.65 bits per heavy atom. The fourth-order valence-electron chi connectivity index (χ4n) is 11.5. The predicted molar refractivity (Wildman–Crippen MR) is 343 cm³/mol. The number of rotatable bonds is 35. The number of guanidine groups is 3. The number of β-amino-alcohol motifs (C(OH)–C–C–N with tert-alkyl or cyclic N) is 1. The topological polar surface area (TPSA) is 541 Å². The Morgan fingerprint density at radius 1 is 0.602 bits per heavy atom. The fourth-order valence-corrected chi connectivity index (χ4v) is 12.3. The largest absolute Gasteiger partial charge is 0.480 e. The Morgan fingerprint density at radius 2 is 1.11 bits per heavy atom. The summed E-state index contributed by atoms with van der Waals surface area (Å²) in [6.45, 7) is -2.28. The maximum absolute atomic E-state index is 15.4. The highest BCUT2D eigenvalue weighted by atomic mass is 32.1. The third-order valence-corrected chi connectivity index (χ3v) is 17.4. The van der Waals surface area contributed by atoms with Crippen molar-refractivity contribution in [3.8, 4) is 0 Å². The second-order valence-corrected chi connectivity index (χ2v) is 24.6. The number of aliphatic imine (C=N–C) groups is 3. The first-order valence-electron chi connectivity index (χ1n) is 31.2. The number of nitrogens with two attached hydrogens (primary N) is 7. The van der Waals surface area contributed by atoms with E-state index in [1.54, 1.807) is 35.7 Å². The van der Waals surface area contributed by atoms with Gasteiger partial charge in [-0.1, -0.05) is 30.3 Å². The van der Waals surface area contributed by atoms with Crippen LogP contribution >= 0.6 is 11.3 Å². The molecule has 1 aliphatic carbocycles. The summed E-state index contributed by atoms with van der Waals surface area (Å²) in [4.78, 5) is 154. The van der Waals surface area contributed by atoms with Crippen LogP contribution in [0, 0.1) is 35.0 Å². The number of hydrogen-bond donors (Lipinski definition) is 17. The number of carbonyl (C=O) groups excluding carboxylic acids is 9. The number of carboxylic acid groups (broad SMARTS) is 1. The standard InChI is InChI=1S/C60H82F5N19O13S/c61-43-33(44(62)46(64)47(65)45(43)63)24-38(51(90)79-37(23-32-10-7-19-98-32)50(89)78-36(57(96)97)13-5-17-75-60(71)72)80-52(91)39(27-85)81-54(93)48(30-20-28-8-1-2-9-29(28)21-30)82-42(87)25-76-53(92)41-22-31(86)26-84(41)56(95)40-14-6-18-83(40)55(94)35(12-4-16-74-59(69)70)77-49(88)34(66)11-3-15-73-58(67)68/h1-2,7-10,19,30-31,34-41,48,85-86H,3-6,11-18,20-27,66H2,(H,76,92)(H,77,88)(H,78,89)(H,79,90)(H,80,91)(H,81,93)(H,82,87)(H,96,97)(H4,67,68,73)(H4,69,70,74)(H4,71,72,75)/t31-,34-,35+,36+,37+,38-,39+,40+,41+,48+/m1/s1. The van der Waals surface area contributed by atoms with Crippen molar-refractivity contribution in [1.29, 1.82) is 0 Å². The molecule has 32 nitrogen and oxygen atoms in total. The normalized spacial score (nSPS) is 17.9. The highest BCUT2D eigenvalue weighted by molar-refractivity contribution is 7.09. The summed E-state index contributed by atoms with van der Waals surface area (Å²) in [5, 5.41) is 49.5. The average molecular weight is 1400 g/mol. The number of carbonyl (C=O) groups is 10. The van der Waals surface area contributed by atoms with E-state index in [4.69, 9.17) is 40.1 Å². The van der Waals surface area contributed by atoms with E-state index in [0.717, 1.165) is 27.4 Å². The lowest BCUT2D eigenvalue weighted by molar-refractivity contribution is -0.148. The molecule has 0 bridgehead atoms. The molecule has 9 amide bonds. The first-order valence-corrected chi connectivity index (χ1v) is 32.1. The van der Waals surface area contributed by atoms with Gasteiger partial charge >= 0.3 is 5.97 Å². The number of aliphatic hydroxyl groups is 2. The summed E-state index contributed by atoms with van der Waals surface area (Å²) in [5.41, 5.74) is 38.4. The number of carboxylic acids is 1. The van der Waals surface area contributed by atoms with Crippen LogP contribution in [0.3, 0.4) is 0 Å². The highest BCUT2D eigenvalue weighted by Crippen LogP contribution is 2.31. The number of fused-ring (bicyclic) bond motifs is 1. The van der Waals surface area contributed by atoms with Crippen LogP contribution in [-0.4, -0.2) is 208 Å². The summed E-state index contributed by atoms with van der Waals surface area (Å²) >= 11 is 1.08. The van der Waals surface area contributed by atoms with Crippen molar-refractivity contribution in [2.24, 2.45) is 61.0 Å². The molecule has 3 aromatic rings. The van der Waals surface area contributed by atoms with Crippen molar-refractivity contribution in [1.82, 2.24) is 47.0 Å². The number of aliphatic carboxylic acids is 1. The minimum Gasteiger partial charge on any atom is -0.480 e. The molecule has 2 aromatic carbocycles. The molecule has 1 aromatic heterocycles. The molecule has 24 N–H and O–H groups in total. The van der Waals surface area contributed by atoms with Gasteiger partial charge in [0.1, 0.15) is 48.3 Å². The number of amides is 9. The Hall–Kier alpha value is -9.82. The molecule has 3 heterocycles. The Balaban J connectivity index is 1.18. The lowest BCUT2D eigenvalue weighted by atomic mass is 9.95. The molecule has 0 spiro atoms. The Bertz CT molecular complexity index is 3420. The molecule has 38 heteroatoms. The van der Waals surface area contributed by atoms with Gasteiger partial charge in [-0.05, 0) is 92.7 Å². The fraction of sp³-hybridized carbons (Fsp3) is 0.517. The maximum atomic E-state index is 15.4.